The van der Waals surface area contributed by atoms with E-state index in [1.807, 2.05) is 12.1 Å². The van der Waals surface area contributed by atoms with Crippen LogP contribution < -0.4 is 30.0 Å². The Hall–Kier alpha value is -4.31. The Morgan fingerprint density at radius 2 is 1.56 bits per heavy atom. The molecule has 2 aromatic carbocycles. The molecule has 1 aromatic heterocycles. The average molecular weight is 551 g/mol. The molecule has 0 aliphatic carbocycles. The highest BCUT2D eigenvalue weighted by molar-refractivity contribution is 7.07. The smallest absolute Gasteiger partial charge is 0.338 e. The van der Waals surface area contributed by atoms with Crippen molar-refractivity contribution in [2.24, 2.45) is 5.73 Å². The van der Waals surface area contributed by atoms with E-state index in [-0.39, 0.29) is 28.2 Å². The minimum absolute atomic E-state index is 0.0129. The summed E-state index contributed by atoms with van der Waals surface area (Å²) in [6.45, 7) is 5.20. The first kappa shape index (κ1) is 27.7. The van der Waals surface area contributed by atoms with Gasteiger partial charge in [0.2, 0.25) is 0 Å². The summed E-state index contributed by atoms with van der Waals surface area (Å²) >= 11 is 1.10. The number of benzene rings is 2. The molecule has 204 valence electrons. The van der Waals surface area contributed by atoms with Crippen LogP contribution in [0.5, 0.6) is 11.5 Å². The molecule has 4 rings (SSSR count). The fraction of sp³-hybridized carbons (Fsp3) is 0.276. The van der Waals surface area contributed by atoms with E-state index < -0.39 is 29.5 Å². The van der Waals surface area contributed by atoms with Gasteiger partial charge in [0.05, 0.1) is 48.5 Å². The summed E-state index contributed by atoms with van der Waals surface area (Å²) in [6, 6.07) is 14.1. The Morgan fingerprint density at radius 1 is 0.974 bits per heavy atom. The van der Waals surface area contributed by atoms with Crippen molar-refractivity contribution < 1.29 is 28.5 Å². The molecule has 0 bridgehead atoms. The number of hydrogen-bond acceptors (Lipinski definition) is 9. The molecule has 0 radical (unpaired) electrons. The molecular weight excluding hydrogens is 520 g/mol. The highest BCUT2D eigenvalue weighted by Crippen LogP contribution is 2.38. The molecule has 0 spiro atoms. The van der Waals surface area contributed by atoms with Gasteiger partial charge in [-0.2, -0.15) is 0 Å². The van der Waals surface area contributed by atoms with Crippen molar-refractivity contribution >= 4 is 40.7 Å². The highest BCUT2D eigenvalue weighted by Gasteiger charge is 2.40. The number of ether oxygens (including phenoxy) is 4. The number of carbonyl (C=O) groups is 2. The molecule has 3 aromatic rings. The number of nitrogens with zero attached hydrogens (tertiary/aromatic N) is 1. The van der Waals surface area contributed by atoms with Gasteiger partial charge in [-0.3, -0.25) is 9.36 Å². The van der Waals surface area contributed by atoms with Gasteiger partial charge in [-0.25, -0.2) is 9.59 Å². The van der Waals surface area contributed by atoms with E-state index in [1.54, 1.807) is 77.5 Å². The number of hydrogen-bond donors (Lipinski definition) is 1. The van der Waals surface area contributed by atoms with Crippen LogP contribution in [0.2, 0.25) is 0 Å². The van der Waals surface area contributed by atoms with E-state index in [9.17, 15) is 14.4 Å². The molecule has 9 nitrogen and oxygen atoms in total. The molecule has 0 fully saturated rings. The maximum atomic E-state index is 13.7. The third-order valence-corrected chi connectivity index (χ3v) is 7.18. The van der Waals surface area contributed by atoms with Crippen molar-refractivity contribution in [3.63, 3.8) is 0 Å². The van der Waals surface area contributed by atoms with E-state index >= 15 is 0 Å². The molecule has 0 saturated heterocycles. The zero-order valence-electron chi connectivity index (χ0n) is 22.3. The molecule has 10 heteroatoms. The van der Waals surface area contributed by atoms with E-state index in [1.165, 1.54) is 4.57 Å². The van der Waals surface area contributed by atoms with Gasteiger partial charge in [0.25, 0.3) is 5.56 Å². The number of carbonyl (C=O) groups excluding carboxylic acids is 2. The Kier molecular flexibility index (Phi) is 8.25. The summed E-state index contributed by atoms with van der Waals surface area (Å²) in [5, 5.41) is 0. The standard InChI is InChI=1S/C29H30N2O7S/c1-6-37-28(33)23-22(18-9-13-20(36-5)14-10-18)24(29(34)38-16(2)3)27-31(25(23)30)26(32)21(39-27)15-17-7-11-19(35-4)12-8-17/h7-16,22H,6,30H2,1-5H3/b21-15+/t22-/m0/s1. The minimum atomic E-state index is -0.937. The van der Waals surface area contributed by atoms with Gasteiger partial charge in [-0.1, -0.05) is 24.3 Å². The van der Waals surface area contributed by atoms with Crippen molar-refractivity contribution in [1.82, 2.24) is 4.57 Å². The zero-order chi connectivity index (χ0) is 28.3. The maximum absolute atomic E-state index is 13.7. The van der Waals surface area contributed by atoms with Crippen LogP contribution in [0, 0.1) is 0 Å². The van der Waals surface area contributed by atoms with E-state index in [0.717, 1.165) is 16.9 Å². The molecule has 2 heterocycles. The number of aromatic nitrogens is 1. The topological polar surface area (TPSA) is 119 Å². The first-order valence-electron chi connectivity index (χ1n) is 12.3. The predicted molar refractivity (Wildman–Crippen MR) is 149 cm³/mol. The van der Waals surface area contributed by atoms with Crippen LogP contribution >= 0.6 is 11.3 Å². The van der Waals surface area contributed by atoms with Crippen LogP contribution in [0.15, 0.2) is 58.9 Å². The zero-order valence-corrected chi connectivity index (χ0v) is 23.2. The summed E-state index contributed by atoms with van der Waals surface area (Å²) in [5.74, 6) is -1.15. The van der Waals surface area contributed by atoms with Crippen LogP contribution in [0.3, 0.4) is 0 Å². The number of methoxy groups -OCH3 is 2. The highest BCUT2D eigenvalue weighted by atomic mass is 32.1. The second-order valence-corrected chi connectivity index (χ2v) is 9.95. The Bertz CT molecular complexity index is 1600. The minimum Gasteiger partial charge on any atom is -0.497 e. The van der Waals surface area contributed by atoms with Gasteiger partial charge in [0.15, 0.2) is 0 Å². The van der Waals surface area contributed by atoms with Crippen LogP contribution in [0.4, 0.5) is 0 Å². The number of rotatable bonds is 8. The largest absolute Gasteiger partial charge is 0.497 e. The monoisotopic (exact) mass is 550 g/mol. The molecule has 1 atom stereocenters. The van der Waals surface area contributed by atoms with Crippen molar-refractivity contribution in [1.29, 1.82) is 0 Å². The Morgan fingerprint density at radius 3 is 2.10 bits per heavy atom. The van der Waals surface area contributed by atoms with E-state index in [2.05, 4.69) is 0 Å². The number of nitrogens with two attached hydrogens (primary N) is 1. The van der Waals surface area contributed by atoms with Crippen molar-refractivity contribution in [2.75, 3.05) is 20.8 Å². The fourth-order valence-electron chi connectivity index (χ4n) is 4.31. The molecular formula is C29H30N2O7S. The maximum Gasteiger partial charge on any atom is 0.338 e. The van der Waals surface area contributed by atoms with Gasteiger partial charge in [-0.15, -0.1) is 11.3 Å². The van der Waals surface area contributed by atoms with Crippen LogP contribution in [-0.2, 0) is 19.1 Å². The van der Waals surface area contributed by atoms with Crippen molar-refractivity contribution in [3.8, 4) is 11.5 Å². The summed E-state index contributed by atoms with van der Waals surface area (Å²) < 4.78 is 23.3. The van der Waals surface area contributed by atoms with E-state index in [0.29, 0.717) is 21.6 Å². The normalized spacial score (nSPS) is 15.3. The summed E-state index contributed by atoms with van der Waals surface area (Å²) in [5.41, 5.74) is 7.53. The lowest BCUT2D eigenvalue weighted by molar-refractivity contribution is -0.140. The number of esters is 2. The van der Waals surface area contributed by atoms with E-state index in [4.69, 9.17) is 24.7 Å². The van der Waals surface area contributed by atoms with Gasteiger partial charge >= 0.3 is 11.9 Å². The lowest BCUT2D eigenvalue weighted by Crippen LogP contribution is -2.42. The van der Waals surface area contributed by atoms with Crippen LogP contribution in [0.25, 0.3) is 17.5 Å². The molecule has 1 aliphatic heterocycles. The van der Waals surface area contributed by atoms with Gasteiger partial charge < -0.3 is 24.7 Å². The lowest BCUT2D eigenvalue weighted by Gasteiger charge is -2.27. The molecule has 0 unspecified atom stereocenters. The number of fused-ring (bicyclic) bond motifs is 1. The molecule has 39 heavy (non-hydrogen) atoms. The van der Waals surface area contributed by atoms with Gasteiger partial charge in [-0.05, 0) is 62.2 Å². The summed E-state index contributed by atoms with van der Waals surface area (Å²) in [6.07, 6.45) is 1.25. The van der Waals surface area contributed by atoms with Crippen molar-refractivity contribution in [2.45, 2.75) is 32.8 Å². The second-order valence-electron chi connectivity index (χ2n) is 8.92. The summed E-state index contributed by atoms with van der Waals surface area (Å²) in [4.78, 5) is 40.6. The summed E-state index contributed by atoms with van der Waals surface area (Å²) in [7, 11) is 3.11. The average Bonchev–Trinajstić information content (AvgIpc) is 3.24. The third-order valence-electron chi connectivity index (χ3n) is 6.07. The van der Waals surface area contributed by atoms with Crippen LogP contribution in [0.1, 0.15) is 37.8 Å². The lowest BCUT2D eigenvalue weighted by atomic mass is 9.83. The third kappa shape index (κ3) is 5.46. The Labute approximate surface area is 229 Å². The fourth-order valence-corrected chi connectivity index (χ4v) is 5.48. The first-order valence-corrected chi connectivity index (χ1v) is 13.2. The number of thiazole rings is 1. The van der Waals surface area contributed by atoms with Gasteiger partial charge in [0, 0.05) is 0 Å². The molecule has 0 saturated carbocycles. The first-order chi connectivity index (χ1) is 18.7. The van der Waals surface area contributed by atoms with Gasteiger partial charge in [0.1, 0.15) is 22.0 Å². The quantitative estimate of drug-likeness (QED) is 0.425. The molecule has 1 aliphatic rings. The van der Waals surface area contributed by atoms with Crippen LogP contribution in [-0.4, -0.2) is 43.4 Å². The molecule has 2 N–H and O–H groups in total. The Balaban J connectivity index is 2.07. The predicted octanol–water partition coefficient (Wildman–Crippen LogP) is 2.35. The van der Waals surface area contributed by atoms with Crippen molar-refractivity contribution in [3.05, 3.63) is 84.8 Å². The molecule has 0 amide bonds. The second kappa shape index (κ2) is 11.6. The SMILES string of the molecule is CCOC(=O)C1=C(N)n2c(s/c(=C/c3ccc(OC)cc3)c2=O)=C(C(=O)OC(C)C)[C@H]1c1ccc(OC)cc1.